The Labute approximate surface area is 261 Å². The van der Waals surface area contributed by atoms with E-state index < -0.39 is 29.7 Å². The van der Waals surface area contributed by atoms with Crippen molar-refractivity contribution in [2.24, 2.45) is 17.8 Å². The number of carbonyl (C=O) groups is 2. The molecule has 0 saturated heterocycles. The Hall–Kier alpha value is -4.44. The van der Waals surface area contributed by atoms with Crippen molar-refractivity contribution < 1.29 is 28.3 Å². The number of aliphatic hydroxyl groups excluding tert-OH is 1. The normalized spacial score (nSPS) is 23.8. The molecule has 4 bridgehead atoms. The lowest BCUT2D eigenvalue weighted by Gasteiger charge is -2.28. The summed E-state index contributed by atoms with van der Waals surface area (Å²) in [5.74, 6) is 0.750. The van der Waals surface area contributed by atoms with Crippen LogP contribution >= 0.6 is 0 Å². The molecule has 3 aliphatic heterocycles. The third-order valence-electron chi connectivity index (χ3n) is 9.47. The molecule has 3 aliphatic rings. The Balaban J connectivity index is 1.49. The largest absolute Gasteiger partial charge is 0.469 e. The number of amides is 1. The first-order valence-electron chi connectivity index (χ1n) is 15.6. The van der Waals surface area contributed by atoms with Gasteiger partial charge in [-0.1, -0.05) is 58.0 Å². The van der Waals surface area contributed by atoms with E-state index in [-0.39, 0.29) is 29.9 Å². The number of carbonyl (C=O) groups excluding carboxylic acids is 2. The van der Waals surface area contributed by atoms with Gasteiger partial charge in [0, 0.05) is 23.6 Å². The first-order valence-corrected chi connectivity index (χ1v) is 15.6. The standard InChI is InChI=1S/C35H38N4O6/c1-16(2)27-32-39-28(33-36-18(5)19(6)43-33)30(45-32)35-22-9-7-8-10-24(22)37-34(35)44-26-12-11-20(14-23(26)35)13-21(31(42)38-27)15-25(40)29(41)17(3)4/h7-12,14,16-17,21,27,29,34,37,41H,13,15H2,1-6H3,(H,38,42)/t21?,27-,29-,34-,35?/m0/s1. The number of ether oxygens (including phenoxy) is 1. The maximum atomic E-state index is 14.0. The van der Waals surface area contributed by atoms with Crippen molar-refractivity contribution in [3.05, 3.63) is 82.3 Å². The number of para-hydroxylation sites is 1. The SMILES string of the molecule is Cc1nc(-c2nc3oc2C24c5ccccc5N[C@H]2Oc2ccc(cc24)CC(CC(=O)[C@@H](O)C(C)C)C(=O)N[C@H]3C(C)C)oc1C. The fourth-order valence-corrected chi connectivity index (χ4v) is 6.87. The highest BCUT2D eigenvalue weighted by Gasteiger charge is 2.61. The Kier molecular flexibility index (Phi) is 6.88. The minimum Gasteiger partial charge on any atom is -0.469 e. The molecule has 45 heavy (non-hydrogen) atoms. The molecule has 0 fully saturated rings. The number of nitrogens with zero attached hydrogens (tertiary/aromatic N) is 2. The summed E-state index contributed by atoms with van der Waals surface area (Å²) in [5, 5.41) is 17.3. The quantitative estimate of drug-likeness (QED) is 0.262. The summed E-state index contributed by atoms with van der Waals surface area (Å²) in [6.07, 6.45) is -1.50. The van der Waals surface area contributed by atoms with Crippen LogP contribution < -0.4 is 15.4 Å². The van der Waals surface area contributed by atoms with Gasteiger partial charge in [-0.05, 0) is 55.4 Å². The van der Waals surface area contributed by atoms with E-state index in [1.807, 2.05) is 64.1 Å². The number of nitrogens with one attached hydrogen (secondary N) is 2. The lowest BCUT2D eigenvalue weighted by atomic mass is 9.72. The number of anilines is 1. The summed E-state index contributed by atoms with van der Waals surface area (Å²) in [7, 11) is 0. The van der Waals surface area contributed by atoms with E-state index in [2.05, 4.69) is 16.7 Å². The highest BCUT2D eigenvalue weighted by atomic mass is 16.5. The third kappa shape index (κ3) is 4.48. The van der Waals surface area contributed by atoms with E-state index in [0.29, 0.717) is 41.2 Å². The Morgan fingerprint density at radius 2 is 1.82 bits per heavy atom. The van der Waals surface area contributed by atoms with Crippen molar-refractivity contribution >= 4 is 17.4 Å². The van der Waals surface area contributed by atoms with Crippen LogP contribution in [0.2, 0.25) is 0 Å². The van der Waals surface area contributed by atoms with Crippen LogP contribution in [-0.2, 0) is 21.4 Å². The lowest BCUT2D eigenvalue weighted by Crippen LogP contribution is -2.41. The Bertz CT molecular complexity index is 1800. The van der Waals surface area contributed by atoms with Gasteiger partial charge < -0.3 is 29.3 Å². The van der Waals surface area contributed by atoms with Gasteiger partial charge in [0.15, 0.2) is 23.5 Å². The first kappa shape index (κ1) is 29.3. The number of Topliss-reactive ketones (excluding diaryl/α,β-unsaturated/α-hetero) is 1. The summed E-state index contributed by atoms with van der Waals surface area (Å²) in [6, 6.07) is 13.3. The Morgan fingerprint density at radius 1 is 1.04 bits per heavy atom. The maximum absolute atomic E-state index is 14.0. The summed E-state index contributed by atoms with van der Waals surface area (Å²) in [6.45, 7) is 11.3. The van der Waals surface area contributed by atoms with Gasteiger partial charge in [-0.25, -0.2) is 9.97 Å². The number of rotatable bonds is 6. The average Bonchev–Trinajstić information content (AvgIpc) is 3.74. The van der Waals surface area contributed by atoms with Crippen LogP contribution in [-0.4, -0.2) is 39.1 Å². The van der Waals surface area contributed by atoms with Crippen LogP contribution in [0, 0.1) is 31.6 Å². The number of fused-ring (bicyclic) bond motifs is 4. The zero-order valence-corrected chi connectivity index (χ0v) is 26.3. The summed E-state index contributed by atoms with van der Waals surface area (Å²) >= 11 is 0. The first-order chi connectivity index (χ1) is 21.5. The van der Waals surface area contributed by atoms with E-state index in [4.69, 9.17) is 23.5 Å². The molecular weight excluding hydrogens is 572 g/mol. The summed E-state index contributed by atoms with van der Waals surface area (Å²) in [4.78, 5) is 36.9. The van der Waals surface area contributed by atoms with Gasteiger partial charge in [0.1, 0.15) is 29.1 Å². The van der Waals surface area contributed by atoms with Crippen LogP contribution in [0.1, 0.15) is 80.0 Å². The summed E-state index contributed by atoms with van der Waals surface area (Å²) in [5.41, 5.74) is 3.83. The van der Waals surface area contributed by atoms with Gasteiger partial charge >= 0.3 is 0 Å². The van der Waals surface area contributed by atoms with E-state index in [1.54, 1.807) is 13.8 Å². The van der Waals surface area contributed by atoms with Crippen molar-refractivity contribution in [3.8, 4) is 17.3 Å². The number of hydrogen-bond acceptors (Lipinski definition) is 9. The van der Waals surface area contributed by atoms with Gasteiger partial charge in [-0.3, -0.25) is 9.59 Å². The molecule has 7 rings (SSSR count). The van der Waals surface area contributed by atoms with Crippen LogP contribution in [0.5, 0.6) is 5.75 Å². The third-order valence-corrected chi connectivity index (χ3v) is 9.47. The molecular formula is C35H38N4O6. The molecule has 234 valence electrons. The number of hydrogen-bond donors (Lipinski definition) is 3. The number of aliphatic hydroxyl groups is 1. The smallest absolute Gasteiger partial charge is 0.249 e. The van der Waals surface area contributed by atoms with E-state index >= 15 is 0 Å². The monoisotopic (exact) mass is 610 g/mol. The van der Waals surface area contributed by atoms with Crippen molar-refractivity contribution in [3.63, 3.8) is 0 Å². The molecule has 5 heterocycles. The van der Waals surface area contributed by atoms with Gasteiger partial charge in [0.2, 0.25) is 17.7 Å². The summed E-state index contributed by atoms with van der Waals surface area (Å²) < 4.78 is 19.6. The fourth-order valence-electron chi connectivity index (χ4n) is 6.87. The fraction of sp³-hybridized carbons (Fsp3) is 0.429. The topological polar surface area (TPSA) is 140 Å². The molecule has 2 aromatic carbocycles. The van der Waals surface area contributed by atoms with E-state index in [1.165, 1.54) is 0 Å². The average molecular weight is 611 g/mol. The van der Waals surface area contributed by atoms with Gasteiger partial charge in [-0.2, -0.15) is 0 Å². The molecule has 5 atom stereocenters. The molecule has 10 nitrogen and oxygen atoms in total. The van der Waals surface area contributed by atoms with Crippen LogP contribution in [0.15, 0.2) is 51.3 Å². The molecule has 4 aromatic rings. The van der Waals surface area contributed by atoms with Crippen molar-refractivity contribution in [1.29, 1.82) is 0 Å². The molecule has 1 spiro atoms. The molecule has 0 radical (unpaired) electrons. The zero-order chi connectivity index (χ0) is 31.8. The highest BCUT2D eigenvalue weighted by molar-refractivity contribution is 5.89. The number of benzene rings is 2. The van der Waals surface area contributed by atoms with Crippen molar-refractivity contribution in [2.75, 3.05) is 5.32 Å². The minimum atomic E-state index is -1.15. The molecule has 0 aliphatic carbocycles. The molecule has 2 aromatic heterocycles. The zero-order valence-electron chi connectivity index (χ0n) is 26.3. The molecule has 1 amide bonds. The number of aromatic nitrogens is 2. The maximum Gasteiger partial charge on any atom is 0.249 e. The minimum absolute atomic E-state index is 0.0985. The van der Waals surface area contributed by atoms with E-state index in [9.17, 15) is 14.7 Å². The van der Waals surface area contributed by atoms with Crippen LogP contribution in [0.3, 0.4) is 0 Å². The van der Waals surface area contributed by atoms with Crippen LogP contribution in [0.25, 0.3) is 11.6 Å². The van der Waals surface area contributed by atoms with Crippen LogP contribution in [0.4, 0.5) is 5.69 Å². The number of ketones is 1. The van der Waals surface area contributed by atoms with Crippen molar-refractivity contribution in [2.45, 2.75) is 78.2 Å². The molecule has 2 unspecified atom stereocenters. The second-order valence-electron chi connectivity index (χ2n) is 13.2. The van der Waals surface area contributed by atoms with Gasteiger partial charge in [0.05, 0.1) is 5.69 Å². The lowest BCUT2D eigenvalue weighted by molar-refractivity contribution is -0.135. The van der Waals surface area contributed by atoms with Gasteiger partial charge in [-0.15, -0.1) is 0 Å². The molecule has 10 heteroatoms. The Morgan fingerprint density at radius 3 is 2.53 bits per heavy atom. The second kappa shape index (κ2) is 10.6. The molecule has 0 saturated carbocycles. The van der Waals surface area contributed by atoms with Gasteiger partial charge in [0.25, 0.3) is 0 Å². The van der Waals surface area contributed by atoms with Crippen molar-refractivity contribution in [1.82, 2.24) is 15.3 Å². The van der Waals surface area contributed by atoms with E-state index in [0.717, 1.165) is 28.1 Å². The predicted molar refractivity (Wildman–Crippen MR) is 166 cm³/mol. The predicted octanol–water partition coefficient (Wildman–Crippen LogP) is 5.39. The highest BCUT2D eigenvalue weighted by Crippen LogP contribution is 2.59. The number of aryl methyl sites for hydroxylation is 2. The molecule has 3 N–H and O–H groups in total. The second-order valence-corrected chi connectivity index (χ2v) is 13.2. The number of oxazole rings is 2.